The second-order valence-electron chi connectivity index (χ2n) is 5.42. The van der Waals surface area contributed by atoms with Crippen molar-refractivity contribution in [1.82, 2.24) is 20.2 Å². The second-order valence-corrected chi connectivity index (χ2v) is 8.17. The van der Waals surface area contributed by atoms with E-state index in [0.29, 0.717) is 22.4 Å². The number of nitrogens with one attached hydrogen (secondary N) is 1. The molecule has 4 aromatic rings. The molecule has 0 atom stereocenters. The van der Waals surface area contributed by atoms with Crippen molar-refractivity contribution < 1.29 is 9.47 Å². The SMILES string of the molecule is COc1cccc(-c2nc(CSc3n[nH]c(-c4cccs4)n3)cs2)c1OC. The molecule has 0 spiro atoms. The van der Waals surface area contributed by atoms with Gasteiger partial charge in [0, 0.05) is 11.1 Å². The number of thioether (sulfide) groups is 1. The van der Waals surface area contributed by atoms with E-state index in [1.807, 2.05) is 41.1 Å². The summed E-state index contributed by atoms with van der Waals surface area (Å²) in [5.41, 5.74) is 1.91. The van der Waals surface area contributed by atoms with Gasteiger partial charge in [0.05, 0.1) is 30.4 Å². The summed E-state index contributed by atoms with van der Waals surface area (Å²) < 4.78 is 10.9. The molecule has 1 aromatic carbocycles. The fraction of sp³-hybridized carbons (Fsp3) is 0.167. The van der Waals surface area contributed by atoms with Crippen LogP contribution in [-0.4, -0.2) is 34.4 Å². The average molecular weight is 417 g/mol. The highest BCUT2D eigenvalue weighted by Gasteiger charge is 2.15. The molecule has 0 aliphatic carbocycles. The van der Waals surface area contributed by atoms with Gasteiger partial charge >= 0.3 is 0 Å². The molecule has 0 amide bonds. The third-order valence-corrected chi connectivity index (χ3v) is 6.44. The molecule has 6 nitrogen and oxygen atoms in total. The summed E-state index contributed by atoms with van der Waals surface area (Å²) >= 11 is 4.78. The summed E-state index contributed by atoms with van der Waals surface area (Å²) in [5, 5.41) is 12.9. The third kappa shape index (κ3) is 3.85. The van der Waals surface area contributed by atoms with Crippen LogP contribution in [0.15, 0.2) is 46.2 Å². The molecular weight excluding hydrogens is 400 g/mol. The van der Waals surface area contributed by atoms with Crippen LogP contribution in [-0.2, 0) is 5.75 Å². The Hall–Kier alpha value is -2.36. The number of hydrogen-bond donors (Lipinski definition) is 1. The lowest BCUT2D eigenvalue weighted by Crippen LogP contribution is -1.93. The quantitative estimate of drug-likeness (QED) is 0.429. The summed E-state index contributed by atoms with van der Waals surface area (Å²) in [6.07, 6.45) is 0. The van der Waals surface area contributed by atoms with E-state index < -0.39 is 0 Å². The standard InChI is InChI=1S/C18H16N4O2S3/c1-23-13-6-3-5-12(15(13)24-2)17-19-11(9-26-17)10-27-18-20-16(21-22-18)14-7-4-8-25-14/h3-9H,10H2,1-2H3,(H,20,21,22). The van der Waals surface area contributed by atoms with E-state index in [9.17, 15) is 0 Å². The Morgan fingerprint density at radius 3 is 2.78 bits per heavy atom. The van der Waals surface area contributed by atoms with E-state index in [4.69, 9.17) is 14.5 Å². The van der Waals surface area contributed by atoms with Crippen LogP contribution in [0.3, 0.4) is 0 Å². The number of H-pyrrole nitrogens is 1. The highest BCUT2D eigenvalue weighted by atomic mass is 32.2. The molecule has 1 N–H and O–H groups in total. The third-order valence-electron chi connectivity index (χ3n) is 3.75. The fourth-order valence-corrected chi connectivity index (χ4v) is 4.83. The van der Waals surface area contributed by atoms with Crippen molar-refractivity contribution in [2.75, 3.05) is 14.2 Å². The molecule has 138 valence electrons. The van der Waals surface area contributed by atoms with E-state index >= 15 is 0 Å². The Bertz CT molecular complexity index is 1030. The second kappa shape index (κ2) is 8.12. The maximum absolute atomic E-state index is 5.51. The van der Waals surface area contributed by atoms with E-state index in [1.54, 1.807) is 48.7 Å². The van der Waals surface area contributed by atoms with Crippen molar-refractivity contribution >= 4 is 34.4 Å². The number of thiophene rings is 1. The Morgan fingerprint density at radius 1 is 1.07 bits per heavy atom. The molecule has 0 unspecified atom stereocenters. The van der Waals surface area contributed by atoms with E-state index in [0.717, 1.165) is 27.0 Å². The van der Waals surface area contributed by atoms with Gasteiger partial charge in [0.15, 0.2) is 17.3 Å². The predicted molar refractivity (Wildman–Crippen MR) is 110 cm³/mol. The monoisotopic (exact) mass is 416 g/mol. The molecule has 0 aliphatic rings. The number of hydrogen-bond acceptors (Lipinski definition) is 8. The van der Waals surface area contributed by atoms with Crippen LogP contribution in [0.2, 0.25) is 0 Å². The zero-order valence-electron chi connectivity index (χ0n) is 14.6. The van der Waals surface area contributed by atoms with Crippen LogP contribution in [0.5, 0.6) is 11.5 Å². The highest BCUT2D eigenvalue weighted by Crippen LogP contribution is 2.39. The first-order chi connectivity index (χ1) is 13.3. The van der Waals surface area contributed by atoms with Gasteiger partial charge in [0.1, 0.15) is 5.01 Å². The molecule has 4 rings (SSSR count). The van der Waals surface area contributed by atoms with Gasteiger partial charge < -0.3 is 9.47 Å². The number of nitrogens with zero attached hydrogens (tertiary/aromatic N) is 3. The minimum atomic E-state index is 0.697. The molecule has 0 saturated carbocycles. The highest BCUT2D eigenvalue weighted by molar-refractivity contribution is 7.98. The maximum atomic E-state index is 5.51. The van der Waals surface area contributed by atoms with Crippen LogP contribution < -0.4 is 9.47 Å². The smallest absolute Gasteiger partial charge is 0.209 e. The lowest BCUT2D eigenvalue weighted by atomic mass is 10.2. The van der Waals surface area contributed by atoms with Gasteiger partial charge in [-0.2, -0.15) is 0 Å². The molecule has 0 fully saturated rings. The Labute approximate surface area is 168 Å². The van der Waals surface area contributed by atoms with Crippen LogP contribution in [0.1, 0.15) is 5.69 Å². The van der Waals surface area contributed by atoms with E-state index in [1.165, 1.54) is 0 Å². The zero-order chi connectivity index (χ0) is 18.6. The van der Waals surface area contributed by atoms with Crippen molar-refractivity contribution in [1.29, 1.82) is 0 Å². The van der Waals surface area contributed by atoms with Crippen LogP contribution in [0.4, 0.5) is 0 Å². The minimum absolute atomic E-state index is 0.697. The summed E-state index contributed by atoms with van der Waals surface area (Å²) in [6.45, 7) is 0. The lowest BCUT2D eigenvalue weighted by molar-refractivity contribution is 0.356. The zero-order valence-corrected chi connectivity index (χ0v) is 17.1. The molecular formula is C18H16N4O2S3. The fourth-order valence-electron chi connectivity index (χ4n) is 2.53. The molecule has 0 bridgehead atoms. The molecule has 0 aliphatic heterocycles. The number of ether oxygens (including phenoxy) is 2. The van der Waals surface area contributed by atoms with Gasteiger partial charge in [0.2, 0.25) is 5.16 Å². The summed E-state index contributed by atoms with van der Waals surface area (Å²) in [4.78, 5) is 10.3. The van der Waals surface area contributed by atoms with Crippen molar-refractivity contribution in [3.63, 3.8) is 0 Å². The summed E-state index contributed by atoms with van der Waals surface area (Å²) in [7, 11) is 3.27. The van der Waals surface area contributed by atoms with Gasteiger partial charge in [-0.25, -0.2) is 9.97 Å². The lowest BCUT2D eigenvalue weighted by Gasteiger charge is -2.10. The molecule has 0 radical (unpaired) electrons. The van der Waals surface area contributed by atoms with Crippen molar-refractivity contribution in [2.45, 2.75) is 10.9 Å². The van der Waals surface area contributed by atoms with Gasteiger partial charge in [0.25, 0.3) is 0 Å². The summed E-state index contributed by atoms with van der Waals surface area (Å²) in [5.74, 6) is 2.89. The van der Waals surface area contributed by atoms with E-state index in [2.05, 4.69) is 15.2 Å². The number of aromatic nitrogens is 4. The minimum Gasteiger partial charge on any atom is -0.493 e. The topological polar surface area (TPSA) is 72.9 Å². The van der Waals surface area contributed by atoms with Crippen molar-refractivity contribution in [3.8, 4) is 32.8 Å². The van der Waals surface area contributed by atoms with Crippen molar-refractivity contribution in [3.05, 3.63) is 46.8 Å². The Kier molecular flexibility index (Phi) is 5.42. The maximum Gasteiger partial charge on any atom is 0.209 e. The number of thiazole rings is 1. The van der Waals surface area contributed by atoms with Gasteiger partial charge in [-0.15, -0.1) is 27.8 Å². The first kappa shape index (κ1) is 18.0. The van der Waals surface area contributed by atoms with Crippen LogP contribution in [0.25, 0.3) is 21.3 Å². The predicted octanol–water partition coefficient (Wildman–Crippen LogP) is 4.97. The first-order valence-corrected chi connectivity index (χ1v) is 10.8. The summed E-state index contributed by atoms with van der Waals surface area (Å²) in [6, 6.07) is 9.82. The largest absolute Gasteiger partial charge is 0.493 e. The Morgan fingerprint density at radius 2 is 2.00 bits per heavy atom. The Balaban J connectivity index is 1.48. The van der Waals surface area contributed by atoms with Crippen LogP contribution >= 0.6 is 34.4 Å². The number of methoxy groups -OCH3 is 2. The van der Waals surface area contributed by atoms with E-state index in [-0.39, 0.29) is 0 Å². The van der Waals surface area contributed by atoms with Gasteiger partial charge in [-0.1, -0.05) is 23.9 Å². The molecule has 3 heterocycles. The number of para-hydroxylation sites is 1. The van der Waals surface area contributed by atoms with Gasteiger partial charge in [-0.3, -0.25) is 5.10 Å². The van der Waals surface area contributed by atoms with Gasteiger partial charge in [-0.05, 0) is 23.6 Å². The molecule has 3 aromatic heterocycles. The van der Waals surface area contributed by atoms with Crippen molar-refractivity contribution in [2.24, 2.45) is 0 Å². The normalized spacial score (nSPS) is 10.9. The molecule has 27 heavy (non-hydrogen) atoms. The number of aromatic amines is 1. The number of benzene rings is 1. The molecule has 0 saturated heterocycles. The first-order valence-electron chi connectivity index (χ1n) is 8.03. The number of rotatable bonds is 7. The average Bonchev–Trinajstić information content (AvgIpc) is 3.46. The molecule has 9 heteroatoms. The van der Waals surface area contributed by atoms with Crippen LogP contribution in [0, 0.1) is 0 Å².